The molecular weight excluding hydrogens is 312 g/mol. The van der Waals surface area contributed by atoms with E-state index in [1.54, 1.807) is 24.3 Å². The molecule has 0 heterocycles. The van der Waals surface area contributed by atoms with Crippen LogP contribution in [0.3, 0.4) is 0 Å². The molecule has 0 saturated heterocycles. The monoisotopic (exact) mass is 332 g/mol. The van der Waals surface area contributed by atoms with E-state index < -0.39 is 9.84 Å². The van der Waals surface area contributed by atoms with E-state index in [9.17, 15) is 18.3 Å². The van der Waals surface area contributed by atoms with Crippen molar-refractivity contribution in [3.63, 3.8) is 0 Å². The molecule has 0 unspecified atom stereocenters. The van der Waals surface area contributed by atoms with Gasteiger partial charge in [0, 0.05) is 12.3 Å². The van der Waals surface area contributed by atoms with Gasteiger partial charge in [-0.05, 0) is 35.4 Å². The van der Waals surface area contributed by atoms with Gasteiger partial charge in [0.2, 0.25) is 0 Å². The molecule has 0 aliphatic carbocycles. The zero-order valence-electron chi connectivity index (χ0n) is 13.2. The minimum Gasteiger partial charge on any atom is -0.508 e. The van der Waals surface area contributed by atoms with Crippen LogP contribution in [0.25, 0.3) is 0 Å². The SMILES string of the molecule is CC(C)C(=O)Cc1ccc(CS(=O)(=O)c2ccc(O)cc2)cc1. The van der Waals surface area contributed by atoms with E-state index in [-0.39, 0.29) is 28.1 Å². The molecule has 2 aromatic rings. The molecule has 1 N–H and O–H groups in total. The molecule has 23 heavy (non-hydrogen) atoms. The molecule has 0 aromatic heterocycles. The molecule has 0 fully saturated rings. The van der Waals surface area contributed by atoms with E-state index in [1.165, 1.54) is 24.3 Å². The first-order valence-electron chi connectivity index (χ1n) is 7.40. The van der Waals surface area contributed by atoms with Crippen molar-refractivity contribution in [3.8, 4) is 5.75 Å². The van der Waals surface area contributed by atoms with Crippen LogP contribution in [0, 0.1) is 5.92 Å². The van der Waals surface area contributed by atoms with Crippen molar-refractivity contribution in [2.75, 3.05) is 0 Å². The van der Waals surface area contributed by atoms with Gasteiger partial charge in [-0.15, -0.1) is 0 Å². The molecule has 2 rings (SSSR count). The van der Waals surface area contributed by atoms with Crippen molar-refractivity contribution in [2.45, 2.75) is 30.9 Å². The van der Waals surface area contributed by atoms with Crippen molar-refractivity contribution in [1.82, 2.24) is 0 Å². The summed E-state index contributed by atoms with van der Waals surface area (Å²) in [5.41, 5.74) is 1.55. The summed E-state index contributed by atoms with van der Waals surface area (Å²) in [5, 5.41) is 9.23. The zero-order valence-corrected chi connectivity index (χ0v) is 14.0. The first kappa shape index (κ1) is 17.2. The van der Waals surface area contributed by atoms with Gasteiger partial charge in [-0.2, -0.15) is 0 Å². The molecular formula is C18H20O4S. The standard InChI is InChI=1S/C18H20O4S/c1-13(2)18(20)11-14-3-5-15(6-4-14)12-23(21,22)17-9-7-16(19)8-10-17/h3-10,13,19H,11-12H2,1-2H3. The van der Waals surface area contributed by atoms with Gasteiger partial charge in [0.25, 0.3) is 0 Å². The summed E-state index contributed by atoms with van der Waals surface area (Å²) in [6, 6.07) is 12.5. The summed E-state index contributed by atoms with van der Waals surface area (Å²) in [5.74, 6) is 0.0676. The summed E-state index contributed by atoms with van der Waals surface area (Å²) < 4.78 is 24.7. The van der Waals surface area contributed by atoms with Gasteiger partial charge in [-0.25, -0.2) is 8.42 Å². The van der Waals surface area contributed by atoms with Crippen molar-refractivity contribution < 1.29 is 18.3 Å². The maximum atomic E-state index is 12.3. The van der Waals surface area contributed by atoms with Crippen LogP contribution < -0.4 is 0 Å². The first-order chi connectivity index (χ1) is 10.8. The Morgan fingerprint density at radius 1 is 0.957 bits per heavy atom. The molecule has 2 aromatic carbocycles. The van der Waals surface area contributed by atoms with Crippen molar-refractivity contribution in [3.05, 3.63) is 59.7 Å². The Morgan fingerprint density at radius 2 is 1.48 bits per heavy atom. The normalized spacial score (nSPS) is 11.6. The number of sulfone groups is 1. The average Bonchev–Trinajstić information content (AvgIpc) is 2.49. The van der Waals surface area contributed by atoms with E-state index in [0.717, 1.165) is 5.56 Å². The highest BCUT2D eigenvalue weighted by Gasteiger charge is 2.15. The average molecular weight is 332 g/mol. The van der Waals surface area contributed by atoms with Crippen molar-refractivity contribution in [2.24, 2.45) is 5.92 Å². The molecule has 0 atom stereocenters. The highest BCUT2D eigenvalue weighted by molar-refractivity contribution is 7.90. The van der Waals surface area contributed by atoms with Gasteiger partial charge in [0.15, 0.2) is 9.84 Å². The lowest BCUT2D eigenvalue weighted by Crippen LogP contribution is -2.10. The Kier molecular flexibility index (Phi) is 5.21. The Labute approximate surface area is 136 Å². The van der Waals surface area contributed by atoms with Gasteiger partial charge in [0.05, 0.1) is 10.6 Å². The fourth-order valence-corrected chi connectivity index (χ4v) is 3.46. The molecule has 0 saturated carbocycles. The topological polar surface area (TPSA) is 71.4 Å². The predicted octanol–water partition coefficient (Wildman–Crippen LogP) is 3.13. The second kappa shape index (κ2) is 6.96. The number of aromatic hydroxyl groups is 1. The number of phenols is 1. The smallest absolute Gasteiger partial charge is 0.182 e. The summed E-state index contributed by atoms with van der Waals surface area (Å²) in [7, 11) is -3.46. The Bertz CT molecular complexity index is 773. The summed E-state index contributed by atoms with van der Waals surface area (Å²) in [6.07, 6.45) is 0.364. The van der Waals surface area contributed by atoms with Crippen LogP contribution in [-0.4, -0.2) is 19.3 Å². The highest BCUT2D eigenvalue weighted by atomic mass is 32.2. The Hall–Kier alpha value is -2.14. The van der Waals surface area contributed by atoms with Crippen LogP contribution >= 0.6 is 0 Å². The number of hydrogen-bond donors (Lipinski definition) is 1. The van der Waals surface area contributed by atoms with Crippen LogP contribution in [-0.2, 0) is 26.8 Å². The summed E-state index contributed by atoms with van der Waals surface area (Å²) in [6.45, 7) is 3.72. The number of hydrogen-bond acceptors (Lipinski definition) is 4. The number of carbonyl (C=O) groups is 1. The lowest BCUT2D eigenvalue weighted by atomic mass is 10.0. The van der Waals surface area contributed by atoms with E-state index in [2.05, 4.69) is 0 Å². The lowest BCUT2D eigenvalue weighted by molar-refractivity contribution is -0.121. The number of ketones is 1. The van der Waals surface area contributed by atoms with E-state index in [0.29, 0.717) is 12.0 Å². The van der Waals surface area contributed by atoms with Crippen LogP contribution in [0.5, 0.6) is 5.75 Å². The van der Waals surface area contributed by atoms with E-state index in [4.69, 9.17) is 0 Å². The third-order valence-corrected chi connectivity index (χ3v) is 5.30. The van der Waals surface area contributed by atoms with Crippen LogP contribution in [0.1, 0.15) is 25.0 Å². The number of carbonyl (C=O) groups excluding carboxylic acids is 1. The van der Waals surface area contributed by atoms with Gasteiger partial charge in [-0.1, -0.05) is 38.1 Å². The summed E-state index contributed by atoms with van der Waals surface area (Å²) >= 11 is 0. The minimum atomic E-state index is -3.46. The molecule has 122 valence electrons. The van der Waals surface area contributed by atoms with Gasteiger partial charge < -0.3 is 5.11 Å². The first-order valence-corrected chi connectivity index (χ1v) is 9.05. The lowest BCUT2D eigenvalue weighted by Gasteiger charge is -2.07. The van der Waals surface area contributed by atoms with E-state index >= 15 is 0 Å². The molecule has 0 aliphatic rings. The number of phenolic OH excluding ortho intramolecular Hbond substituents is 1. The highest BCUT2D eigenvalue weighted by Crippen LogP contribution is 2.19. The maximum absolute atomic E-state index is 12.3. The van der Waals surface area contributed by atoms with Crippen LogP contribution in [0.15, 0.2) is 53.4 Å². The predicted molar refractivity (Wildman–Crippen MR) is 89.0 cm³/mol. The molecule has 4 nitrogen and oxygen atoms in total. The largest absolute Gasteiger partial charge is 0.508 e. The Balaban J connectivity index is 2.11. The maximum Gasteiger partial charge on any atom is 0.182 e. The third-order valence-electron chi connectivity index (χ3n) is 3.60. The second-order valence-corrected chi connectivity index (χ2v) is 7.86. The minimum absolute atomic E-state index is 0.00968. The molecule has 5 heteroatoms. The molecule has 0 aliphatic heterocycles. The number of rotatable bonds is 6. The molecule has 0 bridgehead atoms. The van der Waals surface area contributed by atoms with Gasteiger partial charge in [-0.3, -0.25) is 4.79 Å². The number of benzene rings is 2. The molecule has 0 radical (unpaired) electrons. The van der Waals surface area contributed by atoms with Crippen LogP contribution in [0.2, 0.25) is 0 Å². The molecule has 0 amide bonds. The van der Waals surface area contributed by atoms with Crippen molar-refractivity contribution >= 4 is 15.6 Å². The van der Waals surface area contributed by atoms with Gasteiger partial charge in [0.1, 0.15) is 11.5 Å². The van der Waals surface area contributed by atoms with E-state index in [1.807, 2.05) is 13.8 Å². The summed E-state index contributed by atoms with van der Waals surface area (Å²) in [4.78, 5) is 11.9. The second-order valence-electron chi connectivity index (χ2n) is 5.87. The van der Waals surface area contributed by atoms with Crippen LogP contribution in [0.4, 0.5) is 0 Å². The van der Waals surface area contributed by atoms with Gasteiger partial charge >= 0.3 is 0 Å². The quantitative estimate of drug-likeness (QED) is 0.882. The Morgan fingerprint density at radius 3 is 2.00 bits per heavy atom. The fraction of sp³-hybridized carbons (Fsp3) is 0.278. The zero-order chi connectivity index (χ0) is 17.0. The van der Waals surface area contributed by atoms with Crippen molar-refractivity contribution in [1.29, 1.82) is 0 Å². The third kappa shape index (κ3) is 4.66. The molecule has 0 spiro atoms. The fourth-order valence-electron chi connectivity index (χ4n) is 2.11. The number of Topliss-reactive ketones (excluding diaryl/α,β-unsaturated/α-hetero) is 1.